The Morgan fingerprint density at radius 2 is 2.24 bits per heavy atom. The summed E-state index contributed by atoms with van der Waals surface area (Å²) in [7, 11) is 1.68. The molecule has 0 aliphatic rings. The summed E-state index contributed by atoms with van der Waals surface area (Å²) in [5.41, 5.74) is 1.00. The Morgan fingerprint density at radius 3 is 2.95 bits per heavy atom. The van der Waals surface area contributed by atoms with Crippen LogP contribution in [0.4, 0.5) is 0 Å². The van der Waals surface area contributed by atoms with E-state index in [1.807, 2.05) is 36.0 Å². The number of halogens is 1. The highest BCUT2D eigenvalue weighted by atomic mass is 35.5. The minimum absolute atomic E-state index is 0.667. The summed E-state index contributed by atoms with van der Waals surface area (Å²) >= 11 is 6.06. The summed E-state index contributed by atoms with van der Waals surface area (Å²) in [5, 5.41) is 8.18. The molecule has 1 N–H and O–H groups in total. The highest BCUT2D eigenvalue weighted by Crippen LogP contribution is 2.27. The molecule has 21 heavy (non-hydrogen) atoms. The molecule has 0 spiro atoms. The van der Waals surface area contributed by atoms with Crippen LogP contribution in [-0.4, -0.2) is 30.0 Å². The number of ether oxygens (including phenoxy) is 2. The highest BCUT2D eigenvalue weighted by molar-refractivity contribution is 6.30. The van der Waals surface area contributed by atoms with Gasteiger partial charge in [-0.1, -0.05) is 11.6 Å². The van der Waals surface area contributed by atoms with Gasteiger partial charge in [-0.15, -0.1) is 0 Å². The van der Waals surface area contributed by atoms with Crippen molar-refractivity contribution in [1.82, 2.24) is 15.1 Å². The Morgan fingerprint density at radius 1 is 1.38 bits per heavy atom. The number of nitrogens with zero attached hydrogens (tertiary/aromatic N) is 2. The van der Waals surface area contributed by atoms with Crippen LogP contribution in [0.15, 0.2) is 30.6 Å². The molecule has 0 aliphatic heterocycles. The van der Waals surface area contributed by atoms with Gasteiger partial charge in [-0.2, -0.15) is 5.10 Å². The van der Waals surface area contributed by atoms with Gasteiger partial charge in [0, 0.05) is 37.3 Å². The first-order chi connectivity index (χ1) is 10.2. The molecule has 1 heterocycles. The van der Waals surface area contributed by atoms with Crippen LogP contribution in [0.25, 0.3) is 0 Å². The Balaban J connectivity index is 2.06. The predicted octanol–water partition coefficient (Wildman–Crippen LogP) is 3.08. The molecule has 114 valence electrons. The standard InChI is InChI=1S/C15H20ClN3O2/c1-3-19-11-14(10-18-19)21-15-5-4-13(16)8-12(15)9-17-6-7-20-2/h4-5,8,10-11,17H,3,6-7,9H2,1-2H3. The van der Waals surface area contributed by atoms with Crippen LogP contribution in [-0.2, 0) is 17.8 Å². The maximum absolute atomic E-state index is 6.06. The number of nitrogens with one attached hydrogen (secondary N) is 1. The fraction of sp³-hybridized carbons (Fsp3) is 0.400. The van der Waals surface area contributed by atoms with Crippen LogP contribution in [0.5, 0.6) is 11.5 Å². The van der Waals surface area contributed by atoms with Gasteiger partial charge in [0.2, 0.25) is 0 Å². The van der Waals surface area contributed by atoms with E-state index in [-0.39, 0.29) is 0 Å². The van der Waals surface area contributed by atoms with E-state index in [1.54, 1.807) is 13.3 Å². The Kier molecular flexibility index (Phi) is 6.04. The first-order valence-electron chi connectivity index (χ1n) is 6.91. The summed E-state index contributed by atoms with van der Waals surface area (Å²) in [5.74, 6) is 1.50. The number of rotatable bonds is 8. The molecule has 0 saturated carbocycles. The smallest absolute Gasteiger partial charge is 0.165 e. The second kappa shape index (κ2) is 8.02. The molecule has 0 bridgehead atoms. The number of methoxy groups -OCH3 is 1. The van der Waals surface area contributed by atoms with Gasteiger partial charge < -0.3 is 14.8 Å². The van der Waals surface area contributed by atoms with E-state index in [2.05, 4.69) is 10.4 Å². The molecule has 2 aromatic rings. The zero-order valence-corrected chi connectivity index (χ0v) is 13.1. The lowest BCUT2D eigenvalue weighted by molar-refractivity contribution is 0.199. The van der Waals surface area contributed by atoms with Gasteiger partial charge in [-0.25, -0.2) is 0 Å². The van der Waals surface area contributed by atoms with E-state index in [1.165, 1.54) is 0 Å². The summed E-state index contributed by atoms with van der Waals surface area (Å²) < 4.78 is 12.7. The first kappa shape index (κ1) is 15.8. The van der Waals surface area contributed by atoms with E-state index in [0.717, 1.165) is 30.2 Å². The molecule has 0 aliphatic carbocycles. The fourth-order valence-corrected chi connectivity index (χ4v) is 2.07. The zero-order valence-electron chi connectivity index (χ0n) is 12.3. The van der Waals surface area contributed by atoms with Gasteiger partial charge in [-0.3, -0.25) is 4.68 Å². The van der Waals surface area contributed by atoms with Crippen LogP contribution in [0.1, 0.15) is 12.5 Å². The number of aromatic nitrogens is 2. The first-order valence-corrected chi connectivity index (χ1v) is 7.29. The van der Waals surface area contributed by atoms with Crippen molar-refractivity contribution in [2.45, 2.75) is 20.0 Å². The monoisotopic (exact) mass is 309 g/mol. The van der Waals surface area contributed by atoms with E-state index in [9.17, 15) is 0 Å². The van der Waals surface area contributed by atoms with Crippen LogP contribution >= 0.6 is 11.6 Å². The zero-order chi connectivity index (χ0) is 15.1. The third-order valence-corrected chi connectivity index (χ3v) is 3.22. The predicted molar refractivity (Wildman–Crippen MR) is 83.0 cm³/mol. The number of benzene rings is 1. The minimum Gasteiger partial charge on any atom is -0.454 e. The van der Waals surface area contributed by atoms with Crippen molar-refractivity contribution in [3.05, 3.63) is 41.2 Å². The molecule has 0 radical (unpaired) electrons. The molecular weight excluding hydrogens is 290 g/mol. The molecule has 0 unspecified atom stereocenters. The molecule has 0 saturated heterocycles. The third kappa shape index (κ3) is 4.74. The molecule has 1 aromatic carbocycles. The second-order valence-corrected chi connectivity index (χ2v) is 4.99. The molecule has 0 atom stereocenters. The molecular formula is C15H20ClN3O2. The van der Waals surface area contributed by atoms with Crippen molar-refractivity contribution in [2.75, 3.05) is 20.3 Å². The van der Waals surface area contributed by atoms with Crippen molar-refractivity contribution in [3.8, 4) is 11.5 Å². The second-order valence-electron chi connectivity index (χ2n) is 4.56. The molecule has 2 rings (SSSR count). The van der Waals surface area contributed by atoms with E-state index in [4.69, 9.17) is 21.1 Å². The van der Waals surface area contributed by atoms with Crippen molar-refractivity contribution >= 4 is 11.6 Å². The average Bonchev–Trinajstić information content (AvgIpc) is 2.94. The van der Waals surface area contributed by atoms with Gasteiger partial charge in [0.05, 0.1) is 19.0 Å². The van der Waals surface area contributed by atoms with Crippen LogP contribution in [0, 0.1) is 0 Å². The summed E-state index contributed by atoms with van der Waals surface area (Å²) in [4.78, 5) is 0. The van der Waals surface area contributed by atoms with Crippen molar-refractivity contribution in [2.24, 2.45) is 0 Å². The van der Waals surface area contributed by atoms with Crippen LogP contribution in [0.3, 0.4) is 0 Å². The number of hydrogen-bond donors (Lipinski definition) is 1. The minimum atomic E-state index is 0.667. The largest absolute Gasteiger partial charge is 0.454 e. The topological polar surface area (TPSA) is 48.3 Å². The summed E-state index contributed by atoms with van der Waals surface area (Å²) in [6.07, 6.45) is 3.58. The number of aryl methyl sites for hydroxylation is 1. The summed E-state index contributed by atoms with van der Waals surface area (Å²) in [6.45, 7) is 4.96. The molecule has 1 aromatic heterocycles. The van der Waals surface area contributed by atoms with Gasteiger partial charge in [-0.05, 0) is 25.1 Å². The SMILES string of the molecule is CCn1cc(Oc2ccc(Cl)cc2CNCCOC)cn1. The normalized spacial score (nSPS) is 10.8. The lowest BCUT2D eigenvalue weighted by Gasteiger charge is -2.11. The molecule has 5 nitrogen and oxygen atoms in total. The van der Waals surface area contributed by atoms with Crippen molar-refractivity contribution in [1.29, 1.82) is 0 Å². The van der Waals surface area contributed by atoms with E-state index in [0.29, 0.717) is 18.2 Å². The van der Waals surface area contributed by atoms with Crippen LogP contribution < -0.4 is 10.1 Å². The van der Waals surface area contributed by atoms with Crippen LogP contribution in [0.2, 0.25) is 5.02 Å². The molecule has 0 amide bonds. The maximum Gasteiger partial charge on any atom is 0.165 e. The van der Waals surface area contributed by atoms with E-state index >= 15 is 0 Å². The average molecular weight is 310 g/mol. The van der Waals surface area contributed by atoms with Gasteiger partial charge in [0.25, 0.3) is 0 Å². The lowest BCUT2D eigenvalue weighted by Crippen LogP contribution is -2.18. The third-order valence-electron chi connectivity index (χ3n) is 2.98. The number of hydrogen-bond acceptors (Lipinski definition) is 4. The molecule has 6 heteroatoms. The Labute approximate surface area is 129 Å². The van der Waals surface area contributed by atoms with Crippen molar-refractivity contribution < 1.29 is 9.47 Å². The van der Waals surface area contributed by atoms with Gasteiger partial charge in [0.1, 0.15) is 5.75 Å². The highest BCUT2D eigenvalue weighted by Gasteiger charge is 2.07. The van der Waals surface area contributed by atoms with Gasteiger partial charge in [0.15, 0.2) is 5.75 Å². The fourth-order valence-electron chi connectivity index (χ4n) is 1.88. The van der Waals surface area contributed by atoms with Gasteiger partial charge >= 0.3 is 0 Å². The lowest BCUT2D eigenvalue weighted by atomic mass is 10.2. The maximum atomic E-state index is 6.06. The quantitative estimate of drug-likeness (QED) is 0.761. The van der Waals surface area contributed by atoms with Crippen molar-refractivity contribution in [3.63, 3.8) is 0 Å². The Bertz CT molecular complexity index is 572. The molecule has 0 fully saturated rings. The Hall–Kier alpha value is -1.56. The van der Waals surface area contributed by atoms with E-state index < -0.39 is 0 Å². The summed E-state index contributed by atoms with van der Waals surface area (Å²) in [6, 6.07) is 5.60.